The Bertz CT molecular complexity index is 103. The largest absolute Gasteiger partial charge is 0.303 e. The minimum atomic E-state index is 0.993. The van der Waals surface area contributed by atoms with Crippen LogP contribution < -0.4 is 0 Å². The van der Waals surface area contributed by atoms with Gasteiger partial charge in [-0.25, -0.2) is 0 Å². The number of hydrogen-bond acceptors (Lipinski definition) is 1. The van der Waals surface area contributed by atoms with Crippen LogP contribution in [0.3, 0.4) is 0 Å². The molecule has 3 heterocycles. The van der Waals surface area contributed by atoms with Gasteiger partial charge >= 0.3 is 0 Å². The van der Waals surface area contributed by atoms with Gasteiger partial charge in [0.2, 0.25) is 0 Å². The van der Waals surface area contributed by atoms with E-state index >= 15 is 0 Å². The summed E-state index contributed by atoms with van der Waals surface area (Å²) in [7, 11) is 0. The Labute approximate surface area is 57.0 Å². The lowest BCUT2D eigenvalue weighted by Gasteiger charge is -2.43. The molecule has 52 valence electrons. The van der Waals surface area contributed by atoms with Crippen molar-refractivity contribution >= 4 is 0 Å². The molecule has 3 rings (SSSR count). The summed E-state index contributed by atoms with van der Waals surface area (Å²) < 4.78 is 0. The maximum absolute atomic E-state index is 2.60. The van der Waals surface area contributed by atoms with E-state index < -0.39 is 0 Å². The molecule has 0 aliphatic carbocycles. The number of hydrogen-bond donors (Lipinski definition) is 0. The van der Waals surface area contributed by atoms with Gasteiger partial charge in [-0.1, -0.05) is 6.92 Å². The smallest absolute Gasteiger partial charge is 0.000968 e. The van der Waals surface area contributed by atoms with E-state index in [9.17, 15) is 0 Å². The first-order chi connectivity index (χ1) is 4.36. The van der Waals surface area contributed by atoms with Gasteiger partial charge in [-0.05, 0) is 37.8 Å². The van der Waals surface area contributed by atoms with Crippen LogP contribution in [0.1, 0.15) is 19.8 Å². The van der Waals surface area contributed by atoms with Gasteiger partial charge < -0.3 is 4.90 Å². The highest BCUT2D eigenvalue weighted by Gasteiger charge is 2.30. The summed E-state index contributed by atoms with van der Waals surface area (Å²) in [6.07, 6.45) is 2.95. The predicted octanol–water partition coefficient (Wildman–Crippen LogP) is 1.35. The molecule has 1 atom stereocenters. The maximum atomic E-state index is 2.60. The topological polar surface area (TPSA) is 3.24 Å². The molecule has 0 amide bonds. The van der Waals surface area contributed by atoms with Crippen LogP contribution in [0.2, 0.25) is 0 Å². The van der Waals surface area contributed by atoms with E-state index in [1.54, 1.807) is 0 Å². The van der Waals surface area contributed by atoms with E-state index in [2.05, 4.69) is 11.8 Å². The SMILES string of the molecule is C[C@H]1CN2CCC1CC2. The first-order valence-electron chi connectivity index (χ1n) is 4.08. The molecule has 1 heteroatoms. The Morgan fingerprint density at radius 3 is 2.11 bits per heavy atom. The van der Waals surface area contributed by atoms with Crippen molar-refractivity contribution in [2.24, 2.45) is 11.8 Å². The molecule has 3 fully saturated rings. The highest BCUT2D eigenvalue weighted by Crippen LogP contribution is 2.31. The second-order valence-electron chi connectivity index (χ2n) is 3.62. The van der Waals surface area contributed by atoms with Crippen LogP contribution >= 0.6 is 0 Å². The van der Waals surface area contributed by atoms with Gasteiger partial charge in [0.1, 0.15) is 0 Å². The quantitative estimate of drug-likeness (QED) is 0.472. The average molecular weight is 125 g/mol. The van der Waals surface area contributed by atoms with Crippen molar-refractivity contribution in [2.75, 3.05) is 19.6 Å². The number of nitrogens with zero attached hydrogens (tertiary/aromatic N) is 1. The maximum Gasteiger partial charge on any atom is 0.000968 e. The second kappa shape index (κ2) is 1.98. The molecule has 3 aliphatic rings. The van der Waals surface area contributed by atoms with Crippen molar-refractivity contribution in [2.45, 2.75) is 19.8 Å². The van der Waals surface area contributed by atoms with E-state index in [4.69, 9.17) is 0 Å². The summed E-state index contributed by atoms with van der Waals surface area (Å²) in [6.45, 7) is 6.55. The fraction of sp³-hybridized carbons (Fsp3) is 1.00. The van der Waals surface area contributed by atoms with Gasteiger partial charge in [-0.15, -0.1) is 0 Å². The molecule has 3 saturated heterocycles. The molecule has 0 radical (unpaired) electrons. The Morgan fingerprint density at radius 2 is 1.89 bits per heavy atom. The zero-order valence-electron chi connectivity index (χ0n) is 6.14. The Morgan fingerprint density at radius 1 is 1.22 bits per heavy atom. The molecule has 0 N–H and O–H groups in total. The molecule has 0 aromatic rings. The highest BCUT2D eigenvalue weighted by molar-refractivity contribution is 4.83. The molecule has 2 bridgehead atoms. The lowest BCUT2D eigenvalue weighted by molar-refractivity contribution is 0.0603. The standard InChI is InChI=1S/C8H15N/c1-7-6-9-4-2-8(7)3-5-9/h7-8H,2-6H2,1H3/t7-/m0/s1. The van der Waals surface area contributed by atoms with Crippen molar-refractivity contribution in [1.82, 2.24) is 4.90 Å². The third-order valence-corrected chi connectivity index (χ3v) is 2.98. The van der Waals surface area contributed by atoms with Gasteiger partial charge in [0.15, 0.2) is 0 Å². The minimum Gasteiger partial charge on any atom is -0.303 e. The van der Waals surface area contributed by atoms with Gasteiger partial charge in [0.05, 0.1) is 0 Å². The fourth-order valence-corrected chi connectivity index (χ4v) is 2.26. The third-order valence-electron chi connectivity index (χ3n) is 2.98. The molecular weight excluding hydrogens is 110 g/mol. The van der Waals surface area contributed by atoms with Crippen LogP contribution in [0.15, 0.2) is 0 Å². The fourth-order valence-electron chi connectivity index (χ4n) is 2.26. The van der Waals surface area contributed by atoms with Crippen LogP contribution in [-0.4, -0.2) is 24.5 Å². The van der Waals surface area contributed by atoms with Gasteiger partial charge in [0, 0.05) is 6.54 Å². The summed E-state index contributed by atoms with van der Waals surface area (Å²) in [5, 5.41) is 0. The summed E-state index contributed by atoms with van der Waals surface area (Å²) in [5.74, 6) is 2.07. The molecule has 0 saturated carbocycles. The van der Waals surface area contributed by atoms with Crippen molar-refractivity contribution < 1.29 is 0 Å². The first-order valence-corrected chi connectivity index (χ1v) is 4.08. The normalized spacial score (nSPS) is 49.7. The van der Waals surface area contributed by atoms with Gasteiger partial charge in [0.25, 0.3) is 0 Å². The van der Waals surface area contributed by atoms with Crippen molar-refractivity contribution in [1.29, 1.82) is 0 Å². The van der Waals surface area contributed by atoms with Crippen LogP contribution in [0, 0.1) is 11.8 Å². The molecule has 9 heavy (non-hydrogen) atoms. The van der Waals surface area contributed by atoms with Crippen LogP contribution in [-0.2, 0) is 0 Å². The van der Waals surface area contributed by atoms with Crippen LogP contribution in [0.25, 0.3) is 0 Å². The van der Waals surface area contributed by atoms with E-state index in [0.717, 1.165) is 11.8 Å². The Kier molecular flexibility index (Phi) is 1.26. The summed E-state index contributed by atoms with van der Waals surface area (Å²) >= 11 is 0. The summed E-state index contributed by atoms with van der Waals surface area (Å²) in [4.78, 5) is 2.60. The molecule has 0 unspecified atom stereocenters. The number of piperidine rings is 3. The summed E-state index contributed by atoms with van der Waals surface area (Å²) in [5.41, 5.74) is 0. The Balaban J connectivity index is 2.06. The average Bonchev–Trinajstić information content (AvgIpc) is 1.90. The van der Waals surface area contributed by atoms with E-state index in [0.29, 0.717) is 0 Å². The lowest BCUT2D eigenvalue weighted by Crippen LogP contribution is -2.46. The van der Waals surface area contributed by atoms with E-state index in [1.165, 1.54) is 32.5 Å². The zero-order valence-corrected chi connectivity index (χ0v) is 6.14. The Hall–Kier alpha value is -0.0400. The van der Waals surface area contributed by atoms with Crippen LogP contribution in [0.4, 0.5) is 0 Å². The van der Waals surface area contributed by atoms with Gasteiger partial charge in [-0.2, -0.15) is 0 Å². The third kappa shape index (κ3) is 0.877. The summed E-state index contributed by atoms with van der Waals surface area (Å²) in [6, 6.07) is 0. The second-order valence-corrected chi connectivity index (χ2v) is 3.62. The minimum absolute atomic E-state index is 0.993. The number of rotatable bonds is 0. The predicted molar refractivity (Wildman–Crippen MR) is 38.3 cm³/mol. The van der Waals surface area contributed by atoms with Crippen molar-refractivity contribution in [3.05, 3.63) is 0 Å². The molecule has 0 aromatic carbocycles. The molecular formula is C8H15N. The zero-order chi connectivity index (χ0) is 6.27. The van der Waals surface area contributed by atoms with E-state index in [1.807, 2.05) is 0 Å². The lowest BCUT2D eigenvalue weighted by atomic mass is 9.80. The highest BCUT2D eigenvalue weighted by atomic mass is 15.1. The molecule has 0 spiro atoms. The van der Waals surface area contributed by atoms with E-state index in [-0.39, 0.29) is 0 Å². The van der Waals surface area contributed by atoms with Gasteiger partial charge in [-0.3, -0.25) is 0 Å². The van der Waals surface area contributed by atoms with Crippen molar-refractivity contribution in [3.8, 4) is 0 Å². The van der Waals surface area contributed by atoms with Crippen molar-refractivity contribution in [3.63, 3.8) is 0 Å². The van der Waals surface area contributed by atoms with Crippen LogP contribution in [0.5, 0.6) is 0 Å². The first kappa shape index (κ1) is 5.72. The molecule has 1 nitrogen and oxygen atoms in total. The molecule has 3 aliphatic heterocycles. The monoisotopic (exact) mass is 125 g/mol. The number of fused-ring (bicyclic) bond motifs is 3. The molecule has 0 aromatic heterocycles.